The molecule has 0 unspecified atom stereocenters. The first kappa shape index (κ1) is 20.4. The number of halogens is 1. The summed E-state index contributed by atoms with van der Waals surface area (Å²) in [5.74, 6) is 0.398. The maximum absolute atomic E-state index is 12.6. The monoisotopic (exact) mass is 446 g/mol. The number of carbonyl (C=O) groups excluding carboxylic acids is 2. The Hall–Kier alpha value is -2.38. The number of anilines is 1. The lowest BCUT2D eigenvalue weighted by Crippen LogP contribution is -2.40. The smallest absolute Gasteiger partial charge is 0.255 e. The van der Waals surface area contributed by atoms with E-state index in [1.807, 2.05) is 6.92 Å². The highest BCUT2D eigenvalue weighted by molar-refractivity contribution is 9.10. The zero-order chi connectivity index (χ0) is 19.9. The number of morpholine rings is 1. The summed E-state index contributed by atoms with van der Waals surface area (Å²) in [7, 11) is 0. The van der Waals surface area contributed by atoms with Gasteiger partial charge in [0.2, 0.25) is 0 Å². The van der Waals surface area contributed by atoms with Gasteiger partial charge in [0.05, 0.1) is 24.3 Å². The SMILES string of the molecule is CCCOc1ccc(C(=O)Nc2cccc(C(=O)N3CCOCC3)c2)cc1Br. The quantitative estimate of drug-likeness (QED) is 0.728. The molecular formula is C21H23BrN2O4. The van der Waals surface area contributed by atoms with Crippen molar-refractivity contribution in [2.75, 3.05) is 38.2 Å². The maximum Gasteiger partial charge on any atom is 0.255 e. The number of rotatable bonds is 6. The van der Waals surface area contributed by atoms with Crippen molar-refractivity contribution in [3.63, 3.8) is 0 Å². The molecule has 1 aliphatic rings. The molecule has 7 heteroatoms. The van der Waals surface area contributed by atoms with Crippen molar-refractivity contribution in [3.05, 3.63) is 58.1 Å². The van der Waals surface area contributed by atoms with E-state index in [-0.39, 0.29) is 11.8 Å². The number of benzene rings is 2. The first-order valence-electron chi connectivity index (χ1n) is 9.29. The van der Waals surface area contributed by atoms with E-state index in [0.29, 0.717) is 55.5 Å². The lowest BCUT2D eigenvalue weighted by atomic mass is 10.1. The van der Waals surface area contributed by atoms with Crippen LogP contribution in [0.3, 0.4) is 0 Å². The van der Waals surface area contributed by atoms with Crippen LogP contribution in [0.4, 0.5) is 5.69 Å². The molecule has 6 nitrogen and oxygen atoms in total. The number of ether oxygens (including phenoxy) is 2. The molecule has 0 atom stereocenters. The van der Waals surface area contributed by atoms with E-state index >= 15 is 0 Å². The Morgan fingerprint density at radius 1 is 1.14 bits per heavy atom. The van der Waals surface area contributed by atoms with Crippen LogP contribution in [0.25, 0.3) is 0 Å². The number of hydrogen-bond donors (Lipinski definition) is 1. The van der Waals surface area contributed by atoms with Crippen LogP contribution in [0.15, 0.2) is 46.9 Å². The fourth-order valence-electron chi connectivity index (χ4n) is 2.85. The van der Waals surface area contributed by atoms with Crippen LogP contribution in [0.1, 0.15) is 34.1 Å². The molecule has 1 fully saturated rings. The number of hydrogen-bond acceptors (Lipinski definition) is 4. The Morgan fingerprint density at radius 3 is 2.64 bits per heavy atom. The van der Waals surface area contributed by atoms with Crippen LogP contribution in [-0.4, -0.2) is 49.6 Å². The van der Waals surface area contributed by atoms with Gasteiger partial charge in [-0.15, -0.1) is 0 Å². The van der Waals surface area contributed by atoms with Crippen LogP contribution < -0.4 is 10.1 Å². The average molecular weight is 447 g/mol. The molecular weight excluding hydrogens is 424 g/mol. The minimum Gasteiger partial charge on any atom is -0.492 e. The van der Waals surface area contributed by atoms with E-state index in [0.717, 1.165) is 10.9 Å². The zero-order valence-corrected chi connectivity index (χ0v) is 17.3. The lowest BCUT2D eigenvalue weighted by molar-refractivity contribution is 0.0303. The molecule has 0 bridgehead atoms. The molecule has 0 radical (unpaired) electrons. The third-order valence-corrected chi connectivity index (χ3v) is 4.94. The van der Waals surface area contributed by atoms with Crippen LogP contribution in [0.5, 0.6) is 5.75 Å². The maximum atomic E-state index is 12.6. The van der Waals surface area contributed by atoms with Crippen molar-refractivity contribution in [2.24, 2.45) is 0 Å². The second kappa shape index (κ2) is 9.71. The molecule has 1 saturated heterocycles. The van der Waals surface area contributed by atoms with Crippen LogP contribution >= 0.6 is 15.9 Å². The molecule has 28 heavy (non-hydrogen) atoms. The highest BCUT2D eigenvalue weighted by Gasteiger charge is 2.19. The van der Waals surface area contributed by atoms with E-state index < -0.39 is 0 Å². The summed E-state index contributed by atoms with van der Waals surface area (Å²) in [5, 5.41) is 2.85. The highest BCUT2D eigenvalue weighted by Crippen LogP contribution is 2.26. The minimum absolute atomic E-state index is 0.0560. The molecule has 3 rings (SSSR count). The van der Waals surface area contributed by atoms with Gasteiger partial charge in [0, 0.05) is 29.9 Å². The van der Waals surface area contributed by atoms with Crippen LogP contribution in [0, 0.1) is 0 Å². The Kier molecular flexibility index (Phi) is 7.06. The van der Waals surface area contributed by atoms with E-state index in [4.69, 9.17) is 9.47 Å². The predicted octanol–water partition coefficient (Wildman–Crippen LogP) is 3.96. The summed E-state index contributed by atoms with van der Waals surface area (Å²) in [6, 6.07) is 12.2. The first-order valence-corrected chi connectivity index (χ1v) is 10.1. The summed E-state index contributed by atoms with van der Waals surface area (Å²) in [6.45, 7) is 4.91. The van der Waals surface area contributed by atoms with Crippen LogP contribution in [-0.2, 0) is 4.74 Å². The van der Waals surface area contributed by atoms with Gasteiger partial charge in [0.15, 0.2) is 0 Å². The second-order valence-electron chi connectivity index (χ2n) is 6.43. The second-order valence-corrected chi connectivity index (χ2v) is 7.29. The summed E-state index contributed by atoms with van der Waals surface area (Å²) < 4.78 is 11.6. The van der Waals surface area contributed by atoms with Gasteiger partial charge >= 0.3 is 0 Å². The highest BCUT2D eigenvalue weighted by atomic mass is 79.9. The van der Waals surface area contributed by atoms with E-state index in [1.54, 1.807) is 47.4 Å². The topological polar surface area (TPSA) is 67.9 Å². The molecule has 2 amide bonds. The Balaban J connectivity index is 1.68. The van der Waals surface area contributed by atoms with E-state index in [9.17, 15) is 9.59 Å². The van der Waals surface area contributed by atoms with E-state index in [2.05, 4.69) is 21.2 Å². The van der Waals surface area contributed by atoms with Gasteiger partial charge in [-0.3, -0.25) is 9.59 Å². The van der Waals surface area contributed by atoms with Gasteiger partial charge in [-0.05, 0) is 58.7 Å². The average Bonchev–Trinajstić information content (AvgIpc) is 2.73. The van der Waals surface area contributed by atoms with Crippen molar-refractivity contribution in [1.29, 1.82) is 0 Å². The van der Waals surface area contributed by atoms with Gasteiger partial charge in [-0.25, -0.2) is 0 Å². The zero-order valence-electron chi connectivity index (χ0n) is 15.7. The molecule has 0 spiro atoms. The third-order valence-electron chi connectivity index (χ3n) is 4.32. The van der Waals surface area contributed by atoms with E-state index in [1.165, 1.54) is 0 Å². The fourth-order valence-corrected chi connectivity index (χ4v) is 3.35. The molecule has 2 aromatic carbocycles. The van der Waals surface area contributed by atoms with Crippen molar-refractivity contribution < 1.29 is 19.1 Å². The largest absolute Gasteiger partial charge is 0.492 e. The molecule has 148 valence electrons. The summed E-state index contributed by atoms with van der Waals surface area (Å²) in [6.07, 6.45) is 0.911. The molecule has 1 aliphatic heterocycles. The molecule has 0 saturated carbocycles. The summed E-state index contributed by atoms with van der Waals surface area (Å²) in [4.78, 5) is 27.0. The van der Waals surface area contributed by atoms with Gasteiger partial charge in [0.1, 0.15) is 5.75 Å². The fraction of sp³-hybridized carbons (Fsp3) is 0.333. The van der Waals surface area contributed by atoms with Crippen molar-refractivity contribution in [1.82, 2.24) is 4.90 Å². The molecule has 0 aromatic heterocycles. The third kappa shape index (κ3) is 5.11. The standard InChI is InChI=1S/C21H23BrN2O4/c1-2-10-28-19-7-6-15(14-18(19)22)20(25)23-17-5-3-4-16(13-17)21(26)24-8-11-27-12-9-24/h3-7,13-14H,2,8-12H2,1H3,(H,23,25). The Bertz CT molecular complexity index is 850. The van der Waals surface area contributed by atoms with Gasteiger partial charge < -0.3 is 19.7 Å². The molecule has 2 aromatic rings. The van der Waals surface area contributed by atoms with Crippen molar-refractivity contribution in [2.45, 2.75) is 13.3 Å². The number of nitrogens with one attached hydrogen (secondary N) is 1. The number of nitrogens with zero attached hydrogens (tertiary/aromatic N) is 1. The summed E-state index contributed by atoms with van der Waals surface area (Å²) >= 11 is 3.44. The van der Waals surface area contributed by atoms with Gasteiger partial charge in [-0.1, -0.05) is 13.0 Å². The minimum atomic E-state index is -0.251. The first-order chi connectivity index (χ1) is 13.6. The Labute approximate surface area is 172 Å². The van der Waals surface area contributed by atoms with Crippen LogP contribution in [0.2, 0.25) is 0 Å². The number of amides is 2. The van der Waals surface area contributed by atoms with Crippen molar-refractivity contribution in [3.8, 4) is 5.75 Å². The molecule has 0 aliphatic carbocycles. The van der Waals surface area contributed by atoms with Gasteiger partial charge in [-0.2, -0.15) is 0 Å². The Morgan fingerprint density at radius 2 is 1.93 bits per heavy atom. The predicted molar refractivity (Wildman–Crippen MR) is 111 cm³/mol. The molecule has 1 N–H and O–H groups in total. The lowest BCUT2D eigenvalue weighted by Gasteiger charge is -2.27. The number of carbonyl (C=O) groups is 2. The van der Waals surface area contributed by atoms with Crippen molar-refractivity contribution >= 4 is 33.4 Å². The van der Waals surface area contributed by atoms with Gasteiger partial charge in [0.25, 0.3) is 11.8 Å². The normalized spacial score (nSPS) is 13.9. The summed E-state index contributed by atoms with van der Waals surface area (Å²) in [5.41, 5.74) is 1.62. The molecule has 1 heterocycles.